The van der Waals surface area contributed by atoms with Gasteiger partial charge in [-0.05, 0) is 43.5 Å². The lowest BCUT2D eigenvalue weighted by Crippen LogP contribution is -2.45. The summed E-state index contributed by atoms with van der Waals surface area (Å²) in [6.45, 7) is 4.35. The van der Waals surface area contributed by atoms with E-state index >= 15 is 0 Å². The van der Waals surface area contributed by atoms with E-state index in [1.54, 1.807) is 6.92 Å². The number of hydrogen-bond donors (Lipinski definition) is 2. The molecule has 2 aromatic carbocycles. The zero-order chi connectivity index (χ0) is 24.2. The fourth-order valence-electron chi connectivity index (χ4n) is 3.82. The molecule has 1 aliphatic heterocycles. The minimum absolute atomic E-state index is 0.00356. The highest BCUT2D eigenvalue weighted by Crippen LogP contribution is 2.34. The van der Waals surface area contributed by atoms with Gasteiger partial charge in [-0.1, -0.05) is 35.0 Å². The van der Waals surface area contributed by atoms with Crippen molar-refractivity contribution in [2.24, 2.45) is 0 Å². The lowest BCUT2D eigenvalue weighted by molar-refractivity contribution is -0.385. The normalized spacial score (nSPS) is 14.8. The van der Waals surface area contributed by atoms with Crippen LogP contribution >= 0.6 is 15.9 Å². The van der Waals surface area contributed by atoms with Gasteiger partial charge in [0.1, 0.15) is 4.90 Å². The number of aryl methyl sites for hydroxylation is 1. The molecule has 2 N–H and O–H groups in total. The highest BCUT2D eigenvalue weighted by Gasteiger charge is 2.29. The van der Waals surface area contributed by atoms with Gasteiger partial charge in [0, 0.05) is 48.2 Å². The Morgan fingerprint density at radius 3 is 2.55 bits per heavy atom. The van der Waals surface area contributed by atoms with Gasteiger partial charge in [-0.2, -0.15) is 0 Å². The lowest BCUT2D eigenvalue weighted by atomic mass is 10.0. The monoisotopic (exact) mass is 538 g/mol. The molecule has 0 atom stereocenters. The van der Waals surface area contributed by atoms with Crippen LogP contribution in [0.5, 0.6) is 0 Å². The number of carbonyl (C=O) groups is 1. The van der Waals surface area contributed by atoms with Crippen LogP contribution in [0.1, 0.15) is 37.3 Å². The number of halogens is 1. The van der Waals surface area contributed by atoms with Crippen molar-refractivity contribution in [1.82, 2.24) is 10.0 Å². The van der Waals surface area contributed by atoms with E-state index in [1.807, 2.05) is 29.2 Å². The predicted octanol–water partition coefficient (Wildman–Crippen LogP) is 3.64. The first-order valence-corrected chi connectivity index (χ1v) is 13.0. The maximum Gasteiger partial charge on any atom is 0.274 e. The number of nitrogens with one attached hydrogen (secondary N) is 2. The number of hydrogen-bond acceptors (Lipinski definition) is 6. The molecule has 0 bridgehead atoms. The fourth-order valence-corrected chi connectivity index (χ4v) is 5.57. The van der Waals surface area contributed by atoms with Crippen LogP contribution in [0.3, 0.4) is 0 Å². The number of nitrogens with zero attached hydrogens (tertiary/aromatic N) is 2. The molecule has 178 valence electrons. The predicted molar refractivity (Wildman–Crippen MR) is 130 cm³/mol. The van der Waals surface area contributed by atoms with Crippen LogP contribution in [0.15, 0.2) is 45.8 Å². The van der Waals surface area contributed by atoms with E-state index in [2.05, 4.69) is 26.0 Å². The van der Waals surface area contributed by atoms with Gasteiger partial charge in [0.15, 0.2) is 0 Å². The number of benzene rings is 2. The van der Waals surface area contributed by atoms with Crippen molar-refractivity contribution >= 4 is 43.2 Å². The highest BCUT2D eigenvalue weighted by molar-refractivity contribution is 9.10. The third kappa shape index (κ3) is 6.30. The second-order valence-corrected chi connectivity index (χ2v) is 10.7. The summed E-state index contributed by atoms with van der Waals surface area (Å²) in [5.74, 6) is -0.0283. The molecule has 33 heavy (non-hydrogen) atoms. The summed E-state index contributed by atoms with van der Waals surface area (Å²) in [4.78, 5) is 24.6. The molecule has 1 fully saturated rings. The SMILES string of the molecule is CCC(=O)NC1CCN(c2cc([N+](=O)[O-])c(C)cc2S(=O)(=O)NCc2cccc(Br)c2)CC1. The number of nitro benzene ring substituents is 1. The first-order chi connectivity index (χ1) is 15.6. The van der Waals surface area contributed by atoms with Gasteiger partial charge in [-0.15, -0.1) is 0 Å². The molecule has 0 aromatic heterocycles. The van der Waals surface area contributed by atoms with Crippen molar-refractivity contribution < 1.29 is 18.1 Å². The molecule has 1 amide bonds. The molecular formula is C22H27BrN4O5S. The van der Waals surface area contributed by atoms with Gasteiger partial charge >= 0.3 is 0 Å². The van der Waals surface area contributed by atoms with Crippen molar-refractivity contribution in [1.29, 1.82) is 0 Å². The minimum atomic E-state index is -3.95. The summed E-state index contributed by atoms with van der Waals surface area (Å²) in [5.41, 5.74) is 1.23. The van der Waals surface area contributed by atoms with Crippen molar-refractivity contribution in [3.8, 4) is 0 Å². The molecule has 2 aromatic rings. The molecule has 1 saturated heterocycles. The van der Waals surface area contributed by atoms with E-state index in [-0.39, 0.29) is 34.6 Å². The molecular weight excluding hydrogens is 512 g/mol. The van der Waals surface area contributed by atoms with Crippen LogP contribution in [0.2, 0.25) is 0 Å². The topological polar surface area (TPSA) is 122 Å². The molecule has 0 spiro atoms. The molecule has 9 nitrogen and oxygen atoms in total. The molecule has 0 aliphatic carbocycles. The smallest absolute Gasteiger partial charge is 0.274 e. The second kappa shape index (κ2) is 10.6. The number of rotatable bonds is 8. The molecule has 3 rings (SSSR count). The molecule has 0 saturated carbocycles. The molecule has 11 heteroatoms. The quantitative estimate of drug-likeness (QED) is 0.390. The minimum Gasteiger partial charge on any atom is -0.370 e. The summed E-state index contributed by atoms with van der Waals surface area (Å²) in [6.07, 6.45) is 1.65. The Balaban J connectivity index is 1.88. The first kappa shape index (κ1) is 25.1. The second-order valence-electron chi connectivity index (χ2n) is 8.00. The molecule has 1 aliphatic rings. The molecule has 1 heterocycles. The van der Waals surface area contributed by atoms with Gasteiger partial charge in [0.25, 0.3) is 5.69 Å². The fraction of sp³-hybridized carbons (Fsp3) is 0.409. The maximum atomic E-state index is 13.3. The summed E-state index contributed by atoms with van der Waals surface area (Å²) < 4.78 is 30.0. The number of amides is 1. The van der Waals surface area contributed by atoms with Gasteiger partial charge in [-0.3, -0.25) is 14.9 Å². The van der Waals surface area contributed by atoms with Crippen molar-refractivity contribution in [3.05, 3.63) is 62.1 Å². The average molecular weight is 539 g/mol. The van der Waals surface area contributed by atoms with E-state index < -0.39 is 14.9 Å². The number of anilines is 1. The number of carbonyl (C=O) groups excluding carboxylic acids is 1. The van der Waals surface area contributed by atoms with Crippen LogP contribution in [-0.2, 0) is 21.4 Å². The summed E-state index contributed by atoms with van der Waals surface area (Å²) in [7, 11) is -3.95. The lowest BCUT2D eigenvalue weighted by Gasteiger charge is -2.35. The van der Waals surface area contributed by atoms with Crippen LogP contribution < -0.4 is 14.9 Å². The van der Waals surface area contributed by atoms with E-state index in [1.165, 1.54) is 19.1 Å². The third-order valence-electron chi connectivity index (χ3n) is 5.64. The van der Waals surface area contributed by atoms with Crippen LogP contribution in [-0.4, -0.2) is 38.4 Å². The largest absolute Gasteiger partial charge is 0.370 e. The van der Waals surface area contributed by atoms with E-state index in [9.17, 15) is 23.3 Å². The highest BCUT2D eigenvalue weighted by atomic mass is 79.9. The zero-order valence-corrected chi connectivity index (χ0v) is 20.9. The Labute approximate surface area is 201 Å². The Morgan fingerprint density at radius 2 is 1.94 bits per heavy atom. The third-order valence-corrected chi connectivity index (χ3v) is 7.56. The number of nitro groups is 1. The summed E-state index contributed by atoms with van der Waals surface area (Å²) in [6, 6.07) is 10.0. The Hall–Kier alpha value is -2.50. The number of piperidine rings is 1. The standard InChI is InChI=1S/C22H27BrN4O5S/c1-3-22(28)25-18-7-9-26(10-8-18)20-13-19(27(29)30)15(2)11-21(20)33(31,32)24-14-16-5-4-6-17(23)12-16/h4-6,11-13,18,24H,3,7-10,14H2,1-2H3,(H,25,28). The van der Waals surface area contributed by atoms with Crippen LogP contribution in [0.25, 0.3) is 0 Å². The van der Waals surface area contributed by atoms with Gasteiger partial charge in [-0.25, -0.2) is 13.1 Å². The van der Waals surface area contributed by atoms with Gasteiger partial charge in [0.05, 0.1) is 10.6 Å². The summed E-state index contributed by atoms with van der Waals surface area (Å²) >= 11 is 3.37. The van der Waals surface area contributed by atoms with E-state index in [0.29, 0.717) is 38.0 Å². The van der Waals surface area contributed by atoms with Gasteiger partial charge < -0.3 is 10.2 Å². The van der Waals surface area contributed by atoms with E-state index in [4.69, 9.17) is 0 Å². The molecule has 0 radical (unpaired) electrons. The Bertz CT molecular complexity index is 1150. The summed E-state index contributed by atoms with van der Waals surface area (Å²) in [5, 5.41) is 14.5. The van der Waals surface area contributed by atoms with Crippen LogP contribution in [0.4, 0.5) is 11.4 Å². The first-order valence-electron chi connectivity index (χ1n) is 10.7. The van der Waals surface area contributed by atoms with Crippen LogP contribution in [0, 0.1) is 17.0 Å². The Kier molecular flexibility index (Phi) is 8.09. The van der Waals surface area contributed by atoms with Crippen molar-refractivity contribution in [2.45, 2.75) is 50.6 Å². The zero-order valence-electron chi connectivity index (χ0n) is 18.5. The van der Waals surface area contributed by atoms with Crippen molar-refractivity contribution in [3.63, 3.8) is 0 Å². The van der Waals surface area contributed by atoms with Crippen molar-refractivity contribution in [2.75, 3.05) is 18.0 Å². The van der Waals surface area contributed by atoms with Gasteiger partial charge in [0.2, 0.25) is 15.9 Å². The average Bonchev–Trinajstić information content (AvgIpc) is 2.78. The van der Waals surface area contributed by atoms with E-state index in [0.717, 1.165) is 10.0 Å². The maximum absolute atomic E-state index is 13.3. The number of sulfonamides is 1. The molecule has 0 unspecified atom stereocenters. The Morgan fingerprint density at radius 1 is 1.24 bits per heavy atom.